The molecule has 0 saturated heterocycles. The smallest absolute Gasteiger partial charge is 0.255 e. The maximum absolute atomic E-state index is 13.8. The van der Waals surface area contributed by atoms with E-state index < -0.39 is 0 Å². The van der Waals surface area contributed by atoms with E-state index in [1.54, 1.807) is 0 Å². The molecule has 2 aliphatic rings. The lowest BCUT2D eigenvalue weighted by Gasteiger charge is -2.34. The number of aryl methyl sites for hydroxylation is 2. The number of carbonyl (C=O) groups excluding carboxylic acids is 1. The minimum Gasteiger partial charge on any atom is -0.332 e. The lowest BCUT2D eigenvalue weighted by Crippen LogP contribution is -2.44. The van der Waals surface area contributed by atoms with Crippen LogP contribution in [-0.4, -0.2) is 42.9 Å². The van der Waals surface area contributed by atoms with E-state index in [0.717, 1.165) is 61.5 Å². The highest BCUT2D eigenvalue weighted by atomic mass is 16.2. The zero-order chi connectivity index (χ0) is 20.9. The SMILES string of the molecule is CC(C)(C)CCn1ncc2c(C(=O)N(C3CC3)C3CCc4[nH]ncc4C3)cccc21. The van der Waals surface area contributed by atoms with Gasteiger partial charge in [-0.05, 0) is 61.6 Å². The zero-order valence-electron chi connectivity index (χ0n) is 18.2. The summed E-state index contributed by atoms with van der Waals surface area (Å²) in [5, 5.41) is 12.9. The molecule has 1 saturated carbocycles. The molecule has 1 unspecified atom stereocenters. The number of carbonyl (C=O) groups is 1. The molecule has 0 radical (unpaired) electrons. The molecule has 0 aliphatic heterocycles. The number of rotatable bonds is 5. The van der Waals surface area contributed by atoms with E-state index in [4.69, 9.17) is 0 Å². The number of nitrogens with zero attached hydrogens (tertiary/aromatic N) is 4. The lowest BCUT2D eigenvalue weighted by atomic mass is 9.91. The Balaban J connectivity index is 1.44. The molecule has 1 aromatic carbocycles. The Morgan fingerprint density at radius 1 is 1.20 bits per heavy atom. The van der Waals surface area contributed by atoms with E-state index in [1.165, 1.54) is 11.3 Å². The third kappa shape index (κ3) is 3.64. The predicted octanol–water partition coefficient (Wildman–Crippen LogP) is 4.36. The van der Waals surface area contributed by atoms with Crippen LogP contribution in [0.2, 0.25) is 0 Å². The Labute approximate surface area is 177 Å². The fourth-order valence-electron chi connectivity index (χ4n) is 4.67. The minimum absolute atomic E-state index is 0.162. The second-order valence-electron chi connectivity index (χ2n) is 10.1. The van der Waals surface area contributed by atoms with Crippen molar-refractivity contribution in [2.75, 3.05) is 0 Å². The summed E-state index contributed by atoms with van der Waals surface area (Å²) < 4.78 is 2.05. The van der Waals surface area contributed by atoms with Crippen LogP contribution < -0.4 is 0 Å². The first-order valence-corrected chi connectivity index (χ1v) is 11.2. The summed E-state index contributed by atoms with van der Waals surface area (Å²) >= 11 is 0. The van der Waals surface area contributed by atoms with Crippen LogP contribution in [0.5, 0.6) is 0 Å². The van der Waals surface area contributed by atoms with Gasteiger partial charge in [0.05, 0.1) is 23.5 Å². The summed E-state index contributed by atoms with van der Waals surface area (Å²) in [4.78, 5) is 16.0. The number of hydrogen-bond acceptors (Lipinski definition) is 3. The fourth-order valence-corrected chi connectivity index (χ4v) is 4.67. The molecule has 2 aliphatic carbocycles. The Morgan fingerprint density at radius 3 is 2.80 bits per heavy atom. The van der Waals surface area contributed by atoms with Crippen LogP contribution in [0.3, 0.4) is 0 Å². The van der Waals surface area contributed by atoms with Gasteiger partial charge >= 0.3 is 0 Å². The summed E-state index contributed by atoms with van der Waals surface area (Å²) in [6, 6.07) is 6.69. The quantitative estimate of drug-likeness (QED) is 0.686. The van der Waals surface area contributed by atoms with Crippen LogP contribution in [0, 0.1) is 5.41 Å². The van der Waals surface area contributed by atoms with Gasteiger partial charge in [0.15, 0.2) is 0 Å². The Kier molecular flexibility index (Phi) is 4.68. The van der Waals surface area contributed by atoms with Crippen molar-refractivity contribution in [2.24, 2.45) is 5.41 Å². The van der Waals surface area contributed by atoms with E-state index in [-0.39, 0.29) is 17.4 Å². The Morgan fingerprint density at radius 2 is 2.03 bits per heavy atom. The van der Waals surface area contributed by atoms with Crippen molar-refractivity contribution in [1.82, 2.24) is 24.9 Å². The van der Waals surface area contributed by atoms with Gasteiger partial charge in [0.2, 0.25) is 0 Å². The van der Waals surface area contributed by atoms with E-state index in [1.807, 2.05) is 24.5 Å². The van der Waals surface area contributed by atoms with Crippen LogP contribution in [0.1, 0.15) is 68.1 Å². The number of benzene rings is 1. The van der Waals surface area contributed by atoms with Crippen LogP contribution in [0.4, 0.5) is 0 Å². The minimum atomic E-state index is 0.162. The van der Waals surface area contributed by atoms with Gasteiger partial charge in [-0.2, -0.15) is 10.2 Å². The molecule has 30 heavy (non-hydrogen) atoms. The number of nitrogens with one attached hydrogen (secondary N) is 1. The number of hydrogen-bond donors (Lipinski definition) is 1. The average molecular weight is 406 g/mol. The molecule has 1 amide bonds. The summed E-state index contributed by atoms with van der Waals surface area (Å²) in [6.45, 7) is 7.60. The predicted molar refractivity (Wildman–Crippen MR) is 117 cm³/mol. The number of H-pyrrole nitrogens is 1. The molecular weight excluding hydrogens is 374 g/mol. The van der Waals surface area contributed by atoms with Gasteiger partial charge in [0, 0.05) is 29.7 Å². The molecule has 158 valence electrons. The molecule has 5 rings (SSSR count). The van der Waals surface area contributed by atoms with Gasteiger partial charge in [-0.1, -0.05) is 26.8 Å². The monoisotopic (exact) mass is 405 g/mol. The molecule has 1 fully saturated rings. The van der Waals surface area contributed by atoms with Gasteiger partial charge in [0.1, 0.15) is 0 Å². The van der Waals surface area contributed by atoms with Crippen molar-refractivity contribution < 1.29 is 4.79 Å². The molecule has 1 atom stereocenters. The van der Waals surface area contributed by atoms with Crippen molar-refractivity contribution in [3.05, 3.63) is 47.4 Å². The average Bonchev–Trinajstić information content (AvgIpc) is 3.27. The standard InChI is InChI=1S/C24H31N5O/c1-24(2,3)11-12-28-22-6-4-5-19(20(22)15-26-28)23(30)29(17-7-8-17)18-9-10-21-16(13-18)14-25-27-21/h4-6,14-15,17-18H,7-13H2,1-3H3,(H,25,27). The van der Waals surface area contributed by atoms with E-state index in [0.29, 0.717) is 6.04 Å². The summed E-state index contributed by atoms with van der Waals surface area (Å²) in [5.74, 6) is 0.162. The number of fused-ring (bicyclic) bond motifs is 2. The van der Waals surface area contributed by atoms with Gasteiger partial charge < -0.3 is 4.90 Å². The van der Waals surface area contributed by atoms with Crippen LogP contribution in [-0.2, 0) is 19.4 Å². The van der Waals surface area contributed by atoms with Crippen molar-refractivity contribution in [3.8, 4) is 0 Å². The van der Waals surface area contributed by atoms with Crippen molar-refractivity contribution in [3.63, 3.8) is 0 Å². The number of amides is 1. The highest BCUT2D eigenvalue weighted by molar-refractivity contribution is 6.06. The van der Waals surface area contributed by atoms with Gasteiger partial charge in [-0.3, -0.25) is 14.6 Å². The highest BCUT2D eigenvalue weighted by Crippen LogP contribution is 2.35. The lowest BCUT2D eigenvalue weighted by molar-refractivity contribution is 0.0645. The van der Waals surface area contributed by atoms with E-state index in [9.17, 15) is 4.79 Å². The van der Waals surface area contributed by atoms with Gasteiger partial charge in [-0.25, -0.2) is 0 Å². The Bertz CT molecular complexity index is 1070. The van der Waals surface area contributed by atoms with Crippen molar-refractivity contribution >= 4 is 16.8 Å². The first-order chi connectivity index (χ1) is 14.4. The van der Waals surface area contributed by atoms with E-state index >= 15 is 0 Å². The maximum atomic E-state index is 13.8. The summed E-state index contributed by atoms with van der Waals surface area (Å²) in [5.41, 5.74) is 4.59. The summed E-state index contributed by atoms with van der Waals surface area (Å²) in [6.07, 6.45) is 9.94. The van der Waals surface area contributed by atoms with Crippen LogP contribution >= 0.6 is 0 Å². The maximum Gasteiger partial charge on any atom is 0.255 e. The second-order valence-corrected chi connectivity index (χ2v) is 10.1. The normalized spacial score (nSPS) is 19.1. The zero-order valence-corrected chi connectivity index (χ0v) is 18.2. The molecule has 2 aromatic heterocycles. The van der Waals surface area contributed by atoms with Crippen LogP contribution in [0.15, 0.2) is 30.6 Å². The first-order valence-electron chi connectivity index (χ1n) is 11.2. The Hall–Kier alpha value is -2.63. The van der Waals surface area contributed by atoms with Gasteiger partial charge in [-0.15, -0.1) is 0 Å². The number of aromatic nitrogens is 4. The molecule has 1 N–H and O–H groups in total. The largest absolute Gasteiger partial charge is 0.332 e. The first kappa shape index (κ1) is 19.3. The van der Waals surface area contributed by atoms with Gasteiger partial charge in [0.25, 0.3) is 5.91 Å². The summed E-state index contributed by atoms with van der Waals surface area (Å²) in [7, 11) is 0. The van der Waals surface area contributed by atoms with E-state index in [2.05, 4.69) is 51.7 Å². The molecular formula is C24H31N5O. The fraction of sp³-hybridized carbons (Fsp3) is 0.542. The second kappa shape index (κ2) is 7.25. The topological polar surface area (TPSA) is 66.8 Å². The third-order valence-corrected chi connectivity index (χ3v) is 6.55. The number of aromatic amines is 1. The third-order valence-electron chi connectivity index (χ3n) is 6.55. The highest BCUT2D eigenvalue weighted by Gasteiger charge is 2.39. The molecule has 6 heteroatoms. The molecule has 6 nitrogen and oxygen atoms in total. The molecule has 2 heterocycles. The van der Waals surface area contributed by atoms with Crippen LogP contribution in [0.25, 0.3) is 10.9 Å². The van der Waals surface area contributed by atoms with Crippen molar-refractivity contribution in [2.45, 2.75) is 77.9 Å². The molecule has 0 bridgehead atoms. The molecule has 3 aromatic rings. The molecule has 0 spiro atoms. The van der Waals surface area contributed by atoms with Crippen molar-refractivity contribution in [1.29, 1.82) is 0 Å².